The van der Waals surface area contributed by atoms with Crippen LogP contribution in [0.5, 0.6) is 0 Å². The highest BCUT2D eigenvalue weighted by molar-refractivity contribution is 6.69. The lowest BCUT2D eigenvalue weighted by molar-refractivity contribution is 0.0336. The van der Waals surface area contributed by atoms with Crippen LogP contribution in [0.1, 0.15) is 40.5 Å². The van der Waals surface area contributed by atoms with Gasteiger partial charge in [-0.25, -0.2) is 0 Å². The lowest BCUT2D eigenvalue weighted by Crippen LogP contribution is -2.43. The molecule has 0 bridgehead atoms. The van der Waals surface area contributed by atoms with E-state index in [1.54, 1.807) is 0 Å². The molecule has 3 aliphatic rings. The summed E-state index contributed by atoms with van der Waals surface area (Å²) in [6.45, 7) is 16.9. The summed E-state index contributed by atoms with van der Waals surface area (Å²) in [7, 11) is -1.42. The first-order valence-electron chi connectivity index (χ1n) is 7.28. The van der Waals surface area contributed by atoms with Crippen molar-refractivity contribution >= 4 is 8.32 Å². The van der Waals surface area contributed by atoms with Crippen LogP contribution in [0.15, 0.2) is 0 Å². The molecule has 0 aromatic carbocycles. The van der Waals surface area contributed by atoms with E-state index in [9.17, 15) is 0 Å². The monoisotopic (exact) mass is 252 g/mol. The lowest BCUT2D eigenvalue weighted by Gasteiger charge is -2.38. The van der Waals surface area contributed by atoms with Crippen molar-refractivity contribution in [3.8, 4) is 0 Å². The molecule has 3 rings (SSSR count). The topological polar surface area (TPSA) is 9.23 Å². The van der Waals surface area contributed by atoms with Crippen molar-refractivity contribution in [1.82, 2.24) is 0 Å². The Hall–Kier alpha value is 0.177. The molecule has 3 aliphatic carbocycles. The minimum absolute atomic E-state index is 0.269. The van der Waals surface area contributed by atoms with Crippen LogP contribution in [0.25, 0.3) is 0 Å². The third-order valence-corrected chi connectivity index (χ3v) is 7.11. The normalized spacial score (nSPS) is 50.1. The number of rotatable bonds is 3. The molecule has 98 valence electrons. The van der Waals surface area contributed by atoms with Crippen LogP contribution in [0.2, 0.25) is 19.6 Å². The van der Waals surface area contributed by atoms with Gasteiger partial charge in [0.1, 0.15) is 0 Å². The zero-order valence-electron chi connectivity index (χ0n) is 12.6. The molecule has 0 amide bonds. The second-order valence-corrected chi connectivity index (χ2v) is 13.0. The van der Waals surface area contributed by atoms with Crippen LogP contribution in [0.4, 0.5) is 0 Å². The molecule has 1 nitrogen and oxygen atoms in total. The first kappa shape index (κ1) is 12.2. The van der Waals surface area contributed by atoms with Gasteiger partial charge in [0, 0.05) is 0 Å². The van der Waals surface area contributed by atoms with E-state index in [1.165, 1.54) is 12.8 Å². The standard InChI is InChI=1S/C15H28OSi/c1-10(2)14-8-11(14)13(3,4)15(9-12(14)15)16-17(5,6)7/h10-12H,8-9H2,1-7H3/t11?,12?,14-,15?/m0/s1. The Kier molecular flexibility index (Phi) is 2.05. The Balaban J connectivity index is 1.93. The summed E-state index contributed by atoms with van der Waals surface area (Å²) >= 11 is 0. The zero-order valence-corrected chi connectivity index (χ0v) is 13.6. The lowest BCUT2D eigenvalue weighted by atomic mass is 9.80. The number of hydrogen-bond acceptors (Lipinski definition) is 1. The van der Waals surface area contributed by atoms with Gasteiger partial charge in [0.05, 0.1) is 5.60 Å². The van der Waals surface area contributed by atoms with E-state index in [4.69, 9.17) is 4.43 Å². The van der Waals surface area contributed by atoms with Gasteiger partial charge in [-0.1, -0.05) is 27.7 Å². The number of hydrogen-bond donors (Lipinski definition) is 0. The highest BCUT2D eigenvalue weighted by atomic mass is 28.4. The van der Waals surface area contributed by atoms with Gasteiger partial charge in [-0.15, -0.1) is 0 Å². The van der Waals surface area contributed by atoms with Gasteiger partial charge in [-0.3, -0.25) is 0 Å². The van der Waals surface area contributed by atoms with Gasteiger partial charge in [-0.2, -0.15) is 0 Å². The molecule has 4 atom stereocenters. The van der Waals surface area contributed by atoms with E-state index in [-0.39, 0.29) is 5.60 Å². The van der Waals surface area contributed by atoms with Gasteiger partial charge in [-0.05, 0) is 61.1 Å². The van der Waals surface area contributed by atoms with Crippen LogP contribution in [0, 0.1) is 28.6 Å². The molecule has 0 N–H and O–H groups in total. The van der Waals surface area contributed by atoms with Crippen molar-refractivity contribution in [2.75, 3.05) is 0 Å². The highest BCUT2D eigenvalue weighted by Crippen LogP contribution is 2.88. The molecule has 0 aliphatic heterocycles. The molecule has 0 radical (unpaired) electrons. The largest absolute Gasteiger partial charge is 0.411 e. The summed E-state index contributed by atoms with van der Waals surface area (Å²) in [6.07, 6.45) is 2.82. The van der Waals surface area contributed by atoms with E-state index < -0.39 is 8.32 Å². The molecule has 2 heteroatoms. The van der Waals surface area contributed by atoms with E-state index >= 15 is 0 Å². The van der Waals surface area contributed by atoms with Crippen molar-refractivity contribution < 1.29 is 4.43 Å². The molecule has 0 aromatic heterocycles. The Morgan fingerprint density at radius 3 is 2.06 bits per heavy atom. The summed E-state index contributed by atoms with van der Waals surface area (Å²) in [6, 6.07) is 0. The maximum Gasteiger partial charge on any atom is 0.184 e. The fraction of sp³-hybridized carbons (Fsp3) is 1.00. The third kappa shape index (κ3) is 1.24. The van der Waals surface area contributed by atoms with Crippen molar-refractivity contribution in [3.05, 3.63) is 0 Å². The SMILES string of the molecule is CC(C)[C@@]12CC1C(C)(C)C1(O[Si](C)(C)C)CC12. The van der Waals surface area contributed by atoms with Gasteiger partial charge >= 0.3 is 0 Å². The molecule has 3 saturated carbocycles. The maximum absolute atomic E-state index is 6.69. The second-order valence-electron chi connectivity index (χ2n) is 8.61. The Labute approximate surface area is 107 Å². The van der Waals surface area contributed by atoms with Gasteiger partial charge < -0.3 is 4.43 Å². The first-order valence-corrected chi connectivity index (χ1v) is 10.7. The molecule has 0 spiro atoms. The minimum atomic E-state index is -1.42. The highest BCUT2D eigenvalue weighted by Gasteiger charge is 2.88. The van der Waals surface area contributed by atoms with Crippen molar-refractivity contribution in [1.29, 1.82) is 0 Å². The van der Waals surface area contributed by atoms with Crippen molar-refractivity contribution in [2.24, 2.45) is 28.6 Å². The average Bonchev–Trinajstić information content (AvgIpc) is 2.88. The maximum atomic E-state index is 6.69. The first-order chi connectivity index (χ1) is 7.58. The van der Waals surface area contributed by atoms with Crippen molar-refractivity contribution in [2.45, 2.75) is 65.8 Å². The molecular formula is C15H28OSi. The van der Waals surface area contributed by atoms with E-state index in [1.807, 2.05) is 0 Å². The Morgan fingerprint density at radius 1 is 1.06 bits per heavy atom. The molecular weight excluding hydrogens is 224 g/mol. The Morgan fingerprint density at radius 2 is 1.65 bits per heavy atom. The molecule has 17 heavy (non-hydrogen) atoms. The van der Waals surface area contributed by atoms with Crippen LogP contribution < -0.4 is 0 Å². The van der Waals surface area contributed by atoms with Gasteiger partial charge in [0.25, 0.3) is 0 Å². The molecule has 0 heterocycles. The molecule has 0 aromatic rings. The van der Waals surface area contributed by atoms with Gasteiger partial charge in [0.15, 0.2) is 8.32 Å². The predicted molar refractivity (Wildman–Crippen MR) is 74.4 cm³/mol. The quantitative estimate of drug-likeness (QED) is 0.681. The summed E-state index contributed by atoms with van der Waals surface area (Å²) < 4.78 is 6.69. The summed E-state index contributed by atoms with van der Waals surface area (Å²) in [5, 5.41) is 0. The molecule has 0 saturated heterocycles. The number of fused-ring (bicyclic) bond motifs is 3. The minimum Gasteiger partial charge on any atom is -0.411 e. The van der Waals surface area contributed by atoms with Crippen LogP contribution >= 0.6 is 0 Å². The van der Waals surface area contributed by atoms with Crippen LogP contribution in [0.3, 0.4) is 0 Å². The van der Waals surface area contributed by atoms with Gasteiger partial charge in [0.2, 0.25) is 0 Å². The zero-order chi connectivity index (χ0) is 12.9. The van der Waals surface area contributed by atoms with Crippen LogP contribution in [-0.4, -0.2) is 13.9 Å². The predicted octanol–water partition coefficient (Wildman–Crippen LogP) is 4.30. The van der Waals surface area contributed by atoms with E-state index in [0.717, 1.165) is 17.8 Å². The summed E-state index contributed by atoms with van der Waals surface area (Å²) in [5.74, 6) is 2.65. The second kappa shape index (κ2) is 2.85. The summed E-state index contributed by atoms with van der Waals surface area (Å²) in [4.78, 5) is 0. The average molecular weight is 252 g/mol. The van der Waals surface area contributed by atoms with E-state index in [0.29, 0.717) is 10.8 Å². The smallest absolute Gasteiger partial charge is 0.184 e. The third-order valence-electron chi connectivity index (χ3n) is 6.13. The van der Waals surface area contributed by atoms with Crippen molar-refractivity contribution in [3.63, 3.8) is 0 Å². The fourth-order valence-corrected chi connectivity index (χ4v) is 6.89. The van der Waals surface area contributed by atoms with E-state index in [2.05, 4.69) is 47.3 Å². The molecule has 3 unspecified atom stereocenters. The summed E-state index contributed by atoms with van der Waals surface area (Å²) in [5.41, 5.74) is 1.34. The fourth-order valence-electron chi connectivity index (χ4n) is 5.31. The Bertz CT molecular complexity index is 368. The van der Waals surface area contributed by atoms with Crippen LogP contribution in [-0.2, 0) is 4.43 Å². The molecule has 3 fully saturated rings.